The summed E-state index contributed by atoms with van der Waals surface area (Å²) in [5.41, 5.74) is 6.68. The van der Waals surface area contributed by atoms with Crippen molar-refractivity contribution in [2.24, 2.45) is 5.73 Å². The third-order valence-electron chi connectivity index (χ3n) is 2.97. The van der Waals surface area contributed by atoms with E-state index in [0.717, 1.165) is 14.8 Å². The number of amides is 1. The second-order valence-corrected chi connectivity index (χ2v) is 5.66. The van der Waals surface area contributed by atoms with Crippen LogP contribution in [0.4, 0.5) is 5.69 Å². The first kappa shape index (κ1) is 14.0. The lowest BCUT2D eigenvalue weighted by Crippen LogP contribution is -2.45. The molecule has 1 atom stereocenters. The van der Waals surface area contributed by atoms with E-state index in [4.69, 9.17) is 5.73 Å². The van der Waals surface area contributed by atoms with Crippen LogP contribution in [0.3, 0.4) is 0 Å². The second kappa shape index (κ2) is 5.71. The molecule has 0 fully saturated rings. The van der Waals surface area contributed by atoms with E-state index in [1.807, 2.05) is 54.6 Å². The Balaban J connectivity index is 2.23. The maximum atomic E-state index is 12.3. The Bertz CT molecular complexity index is 582. The van der Waals surface area contributed by atoms with Crippen LogP contribution in [0.15, 0.2) is 54.6 Å². The largest absolute Gasteiger partial charge is 0.323 e. The summed E-state index contributed by atoms with van der Waals surface area (Å²) >= 11 is 2.18. The summed E-state index contributed by atoms with van der Waals surface area (Å²) in [5, 5.41) is 2.88. The van der Waals surface area contributed by atoms with E-state index < -0.39 is 5.54 Å². The van der Waals surface area contributed by atoms with Gasteiger partial charge in [-0.2, -0.15) is 0 Å². The number of anilines is 1. The molecule has 4 heteroatoms. The number of hydrogen-bond acceptors (Lipinski definition) is 2. The number of rotatable bonds is 3. The third-order valence-corrected chi connectivity index (χ3v) is 3.91. The smallest absolute Gasteiger partial charge is 0.248 e. The number of halogens is 1. The molecule has 0 radical (unpaired) electrons. The minimum atomic E-state index is -1.06. The summed E-state index contributed by atoms with van der Waals surface area (Å²) in [5.74, 6) is -0.220. The number of carbonyl (C=O) groups excluding carboxylic acids is 1. The molecule has 98 valence electrons. The molecule has 0 saturated heterocycles. The van der Waals surface area contributed by atoms with Gasteiger partial charge in [0.1, 0.15) is 5.54 Å². The van der Waals surface area contributed by atoms with Crippen molar-refractivity contribution in [3.05, 3.63) is 63.7 Å². The maximum absolute atomic E-state index is 12.3. The Morgan fingerprint density at radius 2 is 1.68 bits per heavy atom. The summed E-state index contributed by atoms with van der Waals surface area (Å²) < 4.78 is 0.984. The van der Waals surface area contributed by atoms with Gasteiger partial charge in [0.15, 0.2) is 0 Å². The number of nitrogens with one attached hydrogen (secondary N) is 1. The van der Waals surface area contributed by atoms with Gasteiger partial charge in [-0.15, -0.1) is 0 Å². The third kappa shape index (κ3) is 3.13. The van der Waals surface area contributed by atoms with E-state index in [0.29, 0.717) is 0 Å². The SMILES string of the molecule is CC(N)(C(=O)Nc1ccccc1I)c1ccccc1. The van der Waals surface area contributed by atoms with Gasteiger partial charge in [0, 0.05) is 3.57 Å². The van der Waals surface area contributed by atoms with Crippen LogP contribution in [-0.4, -0.2) is 5.91 Å². The second-order valence-electron chi connectivity index (χ2n) is 4.50. The van der Waals surface area contributed by atoms with E-state index >= 15 is 0 Å². The predicted octanol–water partition coefficient (Wildman–Crippen LogP) is 3.10. The van der Waals surface area contributed by atoms with Gasteiger partial charge in [-0.05, 0) is 47.2 Å². The highest BCUT2D eigenvalue weighted by Crippen LogP contribution is 2.22. The summed E-state index contributed by atoms with van der Waals surface area (Å²) in [6.45, 7) is 1.72. The van der Waals surface area contributed by atoms with Crippen molar-refractivity contribution in [1.29, 1.82) is 0 Å². The Kier molecular flexibility index (Phi) is 4.21. The topological polar surface area (TPSA) is 55.1 Å². The number of benzene rings is 2. The molecule has 0 heterocycles. The normalized spacial score (nSPS) is 13.6. The minimum absolute atomic E-state index is 0.220. The van der Waals surface area contributed by atoms with Crippen LogP contribution in [-0.2, 0) is 10.3 Å². The van der Waals surface area contributed by atoms with Gasteiger partial charge in [0.25, 0.3) is 0 Å². The van der Waals surface area contributed by atoms with Crippen LogP contribution in [0.2, 0.25) is 0 Å². The van der Waals surface area contributed by atoms with E-state index in [1.165, 1.54) is 0 Å². The summed E-state index contributed by atoms with van der Waals surface area (Å²) in [7, 11) is 0. The number of nitrogens with two attached hydrogens (primary N) is 1. The molecule has 1 amide bonds. The molecule has 0 spiro atoms. The van der Waals surface area contributed by atoms with Crippen LogP contribution in [0.25, 0.3) is 0 Å². The van der Waals surface area contributed by atoms with Crippen molar-refractivity contribution in [2.45, 2.75) is 12.5 Å². The number of hydrogen-bond donors (Lipinski definition) is 2. The molecule has 19 heavy (non-hydrogen) atoms. The minimum Gasteiger partial charge on any atom is -0.323 e. The van der Waals surface area contributed by atoms with Gasteiger partial charge < -0.3 is 11.1 Å². The van der Waals surface area contributed by atoms with Crippen LogP contribution in [0.1, 0.15) is 12.5 Å². The van der Waals surface area contributed by atoms with Crippen LogP contribution < -0.4 is 11.1 Å². The molecule has 0 bridgehead atoms. The van der Waals surface area contributed by atoms with E-state index in [9.17, 15) is 4.79 Å². The first-order valence-electron chi connectivity index (χ1n) is 5.92. The quantitative estimate of drug-likeness (QED) is 0.821. The monoisotopic (exact) mass is 366 g/mol. The summed E-state index contributed by atoms with van der Waals surface area (Å²) in [6, 6.07) is 17.0. The lowest BCUT2D eigenvalue weighted by Gasteiger charge is -2.24. The lowest BCUT2D eigenvalue weighted by molar-refractivity contribution is -0.120. The number of para-hydroxylation sites is 1. The average molecular weight is 366 g/mol. The van der Waals surface area contributed by atoms with Crippen molar-refractivity contribution in [1.82, 2.24) is 0 Å². The van der Waals surface area contributed by atoms with Crippen molar-refractivity contribution in [2.75, 3.05) is 5.32 Å². The molecule has 2 aromatic rings. The lowest BCUT2D eigenvalue weighted by atomic mass is 9.92. The van der Waals surface area contributed by atoms with Gasteiger partial charge in [-0.3, -0.25) is 4.79 Å². The fraction of sp³-hybridized carbons (Fsp3) is 0.133. The van der Waals surface area contributed by atoms with Crippen LogP contribution >= 0.6 is 22.6 Å². The molecule has 3 N–H and O–H groups in total. The Morgan fingerprint density at radius 3 is 2.32 bits per heavy atom. The fourth-order valence-corrected chi connectivity index (χ4v) is 2.25. The zero-order valence-electron chi connectivity index (χ0n) is 10.6. The Morgan fingerprint density at radius 1 is 1.11 bits per heavy atom. The number of carbonyl (C=O) groups is 1. The Labute approximate surface area is 126 Å². The van der Waals surface area contributed by atoms with Crippen molar-refractivity contribution in [3.63, 3.8) is 0 Å². The molecule has 0 aromatic heterocycles. The molecule has 0 aliphatic carbocycles. The highest BCUT2D eigenvalue weighted by Gasteiger charge is 2.30. The summed E-state index contributed by atoms with van der Waals surface area (Å²) in [4.78, 5) is 12.3. The van der Waals surface area contributed by atoms with E-state index in [-0.39, 0.29) is 5.91 Å². The molecular formula is C15H15IN2O. The van der Waals surface area contributed by atoms with Crippen molar-refractivity contribution >= 4 is 34.2 Å². The van der Waals surface area contributed by atoms with Crippen molar-refractivity contribution in [3.8, 4) is 0 Å². The molecule has 0 aliphatic heterocycles. The molecule has 2 aromatic carbocycles. The van der Waals surface area contributed by atoms with Gasteiger partial charge >= 0.3 is 0 Å². The molecule has 2 rings (SSSR count). The fourth-order valence-electron chi connectivity index (χ4n) is 1.73. The highest BCUT2D eigenvalue weighted by molar-refractivity contribution is 14.1. The summed E-state index contributed by atoms with van der Waals surface area (Å²) in [6.07, 6.45) is 0. The van der Waals surface area contributed by atoms with Crippen LogP contribution in [0.5, 0.6) is 0 Å². The molecule has 3 nitrogen and oxygen atoms in total. The standard InChI is InChI=1S/C15H15IN2O/c1-15(17,11-7-3-2-4-8-11)14(19)18-13-10-6-5-9-12(13)16/h2-10H,17H2,1H3,(H,18,19). The van der Waals surface area contributed by atoms with Gasteiger partial charge in [-0.25, -0.2) is 0 Å². The molecule has 1 unspecified atom stereocenters. The highest BCUT2D eigenvalue weighted by atomic mass is 127. The van der Waals surface area contributed by atoms with Crippen LogP contribution in [0, 0.1) is 3.57 Å². The zero-order valence-corrected chi connectivity index (χ0v) is 12.7. The zero-order chi connectivity index (χ0) is 13.9. The molecular weight excluding hydrogens is 351 g/mol. The van der Waals surface area contributed by atoms with Gasteiger partial charge in [0.2, 0.25) is 5.91 Å². The predicted molar refractivity (Wildman–Crippen MR) is 85.8 cm³/mol. The Hall–Kier alpha value is -1.40. The van der Waals surface area contributed by atoms with Gasteiger partial charge in [0.05, 0.1) is 5.69 Å². The van der Waals surface area contributed by atoms with E-state index in [2.05, 4.69) is 27.9 Å². The average Bonchev–Trinajstić information content (AvgIpc) is 2.42. The van der Waals surface area contributed by atoms with Crippen molar-refractivity contribution < 1.29 is 4.79 Å². The molecule has 0 saturated carbocycles. The molecule has 0 aliphatic rings. The van der Waals surface area contributed by atoms with E-state index in [1.54, 1.807) is 6.92 Å². The first-order chi connectivity index (χ1) is 9.01. The first-order valence-corrected chi connectivity index (χ1v) is 7.00. The van der Waals surface area contributed by atoms with Gasteiger partial charge in [-0.1, -0.05) is 42.5 Å². The maximum Gasteiger partial charge on any atom is 0.248 e.